The highest BCUT2D eigenvalue weighted by molar-refractivity contribution is 7.89. The number of nitrogens with one attached hydrogen (secondary N) is 2. The summed E-state index contributed by atoms with van der Waals surface area (Å²) in [6.07, 6.45) is -4.72. The minimum absolute atomic E-state index is 0.0802. The molecular weight excluding hydrogens is 309 g/mol. The molecule has 120 valence electrons. The number of benzene rings is 1. The number of rotatable bonds is 7. The van der Waals surface area contributed by atoms with Gasteiger partial charge in [0.25, 0.3) is 0 Å². The molecule has 0 amide bonds. The molecule has 0 saturated carbocycles. The summed E-state index contributed by atoms with van der Waals surface area (Å²) >= 11 is 0. The maximum absolute atomic E-state index is 12.0. The van der Waals surface area contributed by atoms with Crippen LogP contribution in [0.1, 0.15) is 18.5 Å². The van der Waals surface area contributed by atoms with Gasteiger partial charge in [0.2, 0.25) is 10.0 Å². The van der Waals surface area contributed by atoms with Crippen LogP contribution in [0.3, 0.4) is 0 Å². The average molecular weight is 326 g/mol. The molecule has 1 rings (SSSR count). The highest BCUT2D eigenvalue weighted by Crippen LogP contribution is 2.24. The van der Waals surface area contributed by atoms with Gasteiger partial charge in [-0.25, -0.2) is 13.1 Å². The largest absolute Gasteiger partial charge is 0.573 e. The molecule has 0 bridgehead atoms. The van der Waals surface area contributed by atoms with Gasteiger partial charge >= 0.3 is 6.36 Å². The third-order valence-corrected chi connectivity index (χ3v) is 4.11. The molecule has 0 spiro atoms. The Kier molecular flexibility index (Phi) is 5.99. The quantitative estimate of drug-likeness (QED) is 0.802. The maximum Gasteiger partial charge on any atom is 0.573 e. The Hall–Kier alpha value is -1.32. The highest BCUT2D eigenvalue weighted by Gasteiger charge is 2.30. The van der Waals surface area contributed by atoms with Crippen LogP contribution < -0.4 is 14.8 Å². The summed E-state index contributed by atoms with van der Waals surface area (Å²) in [5, 5.41) is 2.97. The number of ether oxygens (including phenoxy) is 1. The van der Waals surface area contributed by atoms with Crippen molar-refractivity contribution in [1.29, 1.82) is 0 Å². The third-order valence-electron chi connectivity index (χ3n) is 2.75. The lowest BCUT2D eigenvalue weighted by Crippen LogP contribution is -2.30. The standard InChI is InChI=1S/C12H17F3N2O3S/c1-9(17-7-8-21(18,19)16-2)10-3-5-11(6-4-10)20-12(13,14)15/h3-6,9,16-17H,7-8H2,1-2H3. The zero-order chi connectivity index (χ0) is 16.1. The fraction of sp³-hybridized carbons (Fsp3) is 0.500. The second-order valence-electron chi connectivity index (χ2n) is 4.32. The third kappa shape index (κ3) is 6.78. The van der Waals surface area contributed by atoms with Crippen LogP contribution in [-0.2, 0) is 10.0 Å². The number of sulfonamides is 1. The molecule has 0 fully saturated rings. The van der Waals surface area contributed by atoms with Gasteiger partial charge in [0.15, 0.2) is 0 Å². The molecule has 1 unspecified atom stereocenters. The van der Waals surface area contributed by atoms with E-state index in [0.29, 0.717) is 0 Å². The lowest BCUT2D eigenvalue weighted by Gasteiger charge is -2.15. The second kappa shape index (κ2) is 7.10. The first-order valence-electron chi connectivity index (χ1n) is 6.13. The predicted molar refractivity (Wildman–Crippen MR) is 72.4 cm³/mol. The molecule has 0 aliphatic heterocycles. The van der Waals surface area contributed by atoms with Gasteiger partial charge < -0.3 is 10.1 Å². The smallest absolute Gasteiger partial charge is 0.406 e. The van der Waals surface area contributed by atoms with Crippen LogP contribution in [0.5, 0.6) is 5.75 Å². The lowest BCUT2D eigenvalue weighted by atomic mass is 10.1. The minimum atomic E-state index is -4.72. The van der Waals surface area contributed by atoms with Crippen LogP contribution in [-0.4, -0.2) is 34.1 Å². The SMILES string of the molecule is CNS(=O)(=O)CCNC(C)c1ccc(OC(F)(F)F)cc1. The average Bonchev–Trinajstić information content (AvgIpc) is 2.37. The van der Waals surface area contributed by atoms with Crippen molar-refractivity contribution in [3.8, 4) is 5.75 Å². The zero-order valence-electron chi connectivity index (χ0n) is 11.6. The number of hydrogen-bond donors (Lipinski definition) is 2. The Morgan fingerprint density at radius 3 is 2.29 bits per heavy atom. The van der Waals surface area contributed by atoms with Crippen LogP contribution in [0.2, 0.25) is 0 Å². The van der Waals surface area contributed by atoms with E-state index in [9.17, 15) is 21.6 Å². The van der Waals surface area contributed by atoms with Gasteiger partial charge in [-0.1, -0.05) is 12.1 Å². The van der Waals surface area contributed by atoms with Crippen molar-refractivity contribution in [2.45, 2.75) is 19.3 Å². The van der Waals surface area contributed by atoms with E-state index in [1.165, 1.54) is 31.3 Å². The normalized spacial score (nSPS) is 14.0. The van der Waals surface area contributed by atoms with E-state index in [2.05, 4.69) is 14.8 Å². The Labute approximate surface area is 121 Å². The lowest BCUT2D eigenvalue weighted by molar-refractivity contribution is -0.274. The van der Waals surface area contributed by atoms with Gasteiger partial charge in [-0.3, -0.25) is 0 Å². The van der Waals surface area contributed by atoms with Gasteiger partial charge in [-0.2, -0.15) is 0 Å². The molecule has 0 aromatic heterocycles. The van der Waals surface area contributed by atoms with Crippen LogP contribution in [0.25, 0.3) is 0 Å². The van der Waals surface area contributed by atoms with Crippen molar-refractivity contribution >= 4 is 10.0 Å². The number of halogens is 3. The Morgan fingerprint density at radius 1 is 1.24 bits per heavy atom. The van der Waals surface area contributed by atoms with E-state index in [-0.39, 0.29) is 24.1 Å². The summed E-state index contributed by atoms with van der Waals surface area (Å²) in [7, 11) is -1.95. The molecule has 0 aliphatic carbocycles. The molecule has 0 saturated heterocycles. The van der Waals surface area contributed by atoms with E-state index in [4.69, 9.17) is 0 Å². The zero-order valence-corrected chi connectivity index (χ0v) is 12.4. The molecule has 9 heteroatoms. The summed E-state index contributed by atoms with van der Waals surface area (Å²) in [4.78, 5) is 0. The second-order valence-corrected chi connectivity index (χ2v) is 6.36. The summed E-state index contributed by atoms with van der Waals surface area (Å²) in [6.45, 7) is 2.01. The molecular formula is C12H17F3N2O3S. The highest BCUT2D eigenvalue weighted by atomic mass is 32.2. The van der Waals surface area contributed by atoms with Crippen molar-refractivity contribution in [3.05, 3.63) is 29.8 Å². The topological polar surface area (TPSA) is 67.4 Å². The van der Waals surface area contributed by atoms with Crippen LogP contribution >= 0.6 is 0 Å². The first kappa shape index (κ1) is 17.7. The molecule has 1 aromatic carbocycles. The van der Waals surface area contributed by atoms with Crippen molar-refractivity contribution in [1.82, 2.24) is 10.0 Å². The van der Waals surface area contributed by atoms with Crippen molar-refractivity contribution in [2.75, 3.05) is 19.3 Å². The molecule has 1 aromatic rings. The first-order chi connectivity index (χ1) is 9.63. The van der Waals surface area contributed by atoms with Gasteiger partial charge in [0.1, 0.15) is 5.75 Å². The summed E-state index contributed by atoms with van der Waals surface area (Å²) in [5.41, 5.74) is 0.728. The van der Waals surface area contributed by atoms with Gasteiger partial charge in [-0.15, -0.1) is 13.2 Å². The first-order valence-corrected chi connectivity index (χ1v) is 7.78. The predicted octanol–water partition coefficient (Wildman–Crippen LogP) is 1.78. The Bertz CT molecular complexity index is 544. The summed E-state index contributed by atoms with van der Waals surface area (Å²) in [6, 6.07) is 5.21. The fourth-order valence-corrected chi connectivity index (χ4v) is 2.18. The van der Waals surface area contributed by atoms with E-state index in [0.717, 1.165) is 5.56 Å². The van der Waals surface area contributed by atoms with Crippen LogP contribution in [0.4, 0.5) is 13.2 Å². The molecule has 5 nitrogen and oxygen atoms in total. The van der Waals surface area contributed by atoms with Crippen molar-refractivity contribution < 1.29 is 26.3 Å². The monoisotopic (exact) mass is 326 g/mol. The van der Waals surface area contributed by atoms with Gasteiger partial charge in [0.05, 0.1) is 5.75 Å². The molecule has 1 atom stereocenters. The molecule has 21 heavy (non-hydrogen) atoms. The molecule has 0 aliphatic rings. The summed E-state index contributed by atoms with van der Waals surface area (Å²) in [5.74, 6) is -0.375. The molecule has 2 N–H and O–H groups in total. The summed E-state index contributed by atoms with van der Waals surface area (Å²) < 4.78 is 64.4. The van der Waals surface area contributed by atoms with Crippen molar-refractivity contribution in [2.24, 2.45) is 0 Å². The fourth-order valence-electron chi connectivity index (χ4n) is 1.59. The maximum atomic E-state index is 12.0. The Morgan fingerprint density at radius 2 is 1.81 bits per heavy atom. The van der Waals surface area contributed by atoms with E-state index in [1.54, 1.807) is 6.92 Å². The van der Waals surface area contributed by atoms with Gasteiger partial charge in [-0.05, 0) is 31.7 Å². The van der Waals surface area contributed by atoms with Gasteiger partial charge in [0, 0.05) is 12.6 Å². The van der Waals surface area contributed by atoms with Crippen molar-refractivity contribution in [3.63, 3.8) is 0 Å². The minimum Gasteiger partial charge on any atom is -0.406 e. The van der Waals surface area contributed by atoms with Crippen LogP contribution in [0.15, 0.2) is 24.3 Å². The molecule has 0 heterocycles. The number of hydrogen-bond acceptors (Lipinski definition) is 4. The van der Waals surface area contributed by atoms with E-state index >= 15 is 0 Å². The van der Waals surface area contributed by atoms with E-state index in [1.807, 2.05) is 0 Å². The molecule has 0 radical (unpaired) electrons. The van der Waals surface area contributed by atoms with Crippen LogP contribution in [0, 0.1) is 0 Å². The Balaban J connectivity index is 2.53. The van der Waals surface area contributed by atoms with E-state index < -0.39 is 16.4 Å². The number of alkyl halides is 3.